The minimum atomic E-state index is -0.306. The van der Waals surface area contributed by atoms with Crippen LogP contribution in [0.3, 0.4) is 0 Å². The summed E-state index contributed by atoms with van der Waals surface area (Å²) in [5, 5.41) is 0. The Balaban J connectivity index is 2.36. The number of hydrogen-bond donors (Lipinski definition) is 1. The van der Waals surface area contributed by atoms with Gasteiger partial charge in [-0.05, 0) is 42.8 Å². The molecule has 94 valence electrons. The number of halogens is 2. The minimum Gasteiger partial charge on any atom is -0.324 e. The molecule has 0 aromatic heterocycles. The fraction of sp³-hybridized carbons (Fsp3) is 0.143. The highest BCUT2D eigenvalue weighted by molar-refractivity contribution is 7.99. The minimum absolute atomic E-state index is 0.247. The zero-order chi connectivity index (χ0) is 13.1. The summed E-state index contributed by atoms with van der Waals surface area (Å²) in [7, 11) is 0. The normalized spacial score (nSPS) is 12.4. The monoisotopic (exact) mass is 265 g/mol. The Bertz CT molecular complexity index is 538. The molecule has 0 aliphatic rings. The van der Waals surface area contributed by atoms with Gasteiger partial charge in [-0.15, -0.1) is 0 Å². The Morgan fingerprint density at radius 3 is 2.33 bits per heavy atom. The first kappa shape index (κ1) is 13.1. The fourth-order valence-corrected chi connectivity index (χ4v) is 2.66. The number of hydrogen-bond acceptors (Lipinski definition) is 2. The van der Waals surface area contributed by atoms with Crippen LogP contribution < -0.4 is 5.73 Å². The van der Waals surface area contributed by atoms with Gasteiger partial charge in [0.2, 0.25) is 0 Å². The van der Waals surface area contributed by atoms with Gasteiger partial charge in [0, 0.05) is 10.9 Å². The molecule has 2 aromatic carbocycles. The van der Waals surface area contributed by atoms with Gasteiger partial charge in [0.05, 0.1) is 4.90 Å². The smallest absolute Gasteiger partial charge is 0.137 e. The van der Waals surface area contributed by atoms with Gasteiger partial charge >= 0.3 is 0 Å². The molecule has 0 fully saturated rings. The number of nitrogens with two attached hydrogens (primary N) is 1. The first-order chi connectivity index (χ1) is 8.58. The van der Waals surface area contributed by atoms with Gasteiger partial charge in [0.15, 0.2) is 0 Å². The summed E-state index contributed by atoms with van der Waals surface area (Å²) in [6.45, 7) is 1.81. The van der Waals surface area contributed by atoms with Gasteiger partial charge < -0.3 is 5.73 Å². The van der Waals surface area contributed by atoms with Crippen LogP contribution in [0.25, 0.3) is 0 Å². The summed E-state index contributed by atoms with van der Waals surface area (Å²) in [5.41, 5.74) is 6.58. The standard InChI is InChI=1S/C14H13F2NS/c1-9(17)12-3-2-4-13(16)14(12)18-11-7-5-10(15)6-8-11/h2-9H,17H2,1H3/t9-/m1/s1. The maximum absolute atomic E-state index is 13.8. The quantitative estimate of drug-likeness (QED) is 0.902. The predicted molar refractivity (Wildman–Crippen MR) is 69.5 cm³/mol. The molecule has 0 heterocycles. The van der Waals surface area contributed by atoms with Gasteiger partial charge in [-0.1, -0.05) is 23.9 Å². The molecule has 0 aliphatic carbocycles. The Kier molecular flexibility index (Phi) is 3.99. The maximum atomic E-state index is 13.8. The molecule has 0 bridgehead atoms. The van der Waals surface area contributed by atoms with E-state index in [1.807, 2.05) is 6.92 Å². The zero-order valence-corrected chi connectivity index (χ0v) is 10.7. The van der Waals surface area contributed by atoms with E-state index in [4.69, 9.17) is 5.73 Å². The zero-order valence-electron chi connectivity index (χ0n) is 9.86. The van der Waals surface area contributed by atoms with Crippen molar-refractivity contribution in [2.24, 2.45) is 5.73 Å². The lowest BCUT2D eigenvalue weighted by Crippen LogP contribution is -2.07. The molecule has 1 nitrogen and oxygen atoms in total. The second-order valence-corrected chi connectivity index (χ2v) is 5.09. The summed E-state index contributed by atoms with van der Waals surface area (Å²) in [6, 6.07) is 10.6. The second-order valence-electron chi connectivity index (χ2n) is 4.00. The molecule has 4 heteroatoms. The highest BCUT2D eigenvalue weighted by atomic mass is 32.2. The van der Waals surface area contributed by atoms with Crippen molar-refractivity contribution in [2.75, 3.05) is 0 Å². The summed E-state index contributed by atoms with van der Waals surface area (Å²) in [6.07, 6.45) is 0. The lowest BCUT2D eigenvalue weighted by Gasteiger charge is -2.13. The number of benzene rings is 2. The second kappa shape index (κ2) is 5.50. The molecule has 2 aromatic rings. The Morgan fingerprint density at radius 2 is 1.72 bits per heavy atom. The van der Waals surface area contributed by atoms with Crippen molar-refractivity contribution >= 4 is 11.8 Å². The highest BCUT2D eigenvalue weighted by Crippen LogP contribution is 2.34. The van der Waals surface area contributed by atoms with Crippen molar-refractivity contribution in [3.8, 4) is 0 Å². The van der Waals surface area contributed by atoms with Crippen molar-refractivity contribution < 1.29 is 8.78 Å². The van der Waals surface area contributed by atoms with Crippen LogP contribution in [-0.4, -0.2) is 0 Å². The third kappa shape index (κ3) is 2.89. The van der Waals surface area contributed by atoms with Crippen molar-refractivity contribution in [3.05, 3.63) is 59.7 Å². The number of rotatable bonds is 3. The van der Waals surface area contributed by atoms with E-state index in [1.165, 1.54) is 30.0 Å². The van der Waals surface area contributed by atoms with Crippen molar-refractivity contribution in [2.45, 2.75) is 22.8 Å². The first-order valence-electron chi connectivity index (χ1n) is 5.55. The average molecular weight is 265 g/mol. The summed E-state index contributed by atoms with van der Waals surface area (Å²) in [5.74, 6) is -0.612. The molecule has 0 radical (unpaired) electrons. The van der Waals surface area contributed by atoms with E-state index >= 15 is 0 Å². The molecule has 2 N–H and O–H groups in total. The van der Waals surface area contributed by atoms with Crippen LogP contribution in [0.1, 0.15) is 18.5 Å². The fourth-order valence-electron chi connectivity index (χ4n) is 1.61. The van der Waals surface area contributed by atoms with Gasteiger partial charge in [-0.2, -0.15) is 0 Å². The average Bonchev–Trinajstić information content (AvgIpc) is 2.34. The molecule has 0 spiro atoms. The molecule has 0 saturated carbocycles. The SMILES string of the molecule is C[C@@H](N)c1cccc(F)c1Sc1ccc(F)cc1. The Labute approximate surface area is 109 Å². The molecular formula is C14H13F2NS. The van der Waals surface area contributed by atoms with Crippen LogP contribution in [0, 0.1) is 11.6 Å². The van der Waals surface area contributed by atoms with Gasteiger partial charge in [-0.3, -0.25) is 0 Å². The van der Waals surface area contributed by atoms with Crippen LogP contribution in [0.2, 0.25) is 0 Å². The van der Waals surface area contributed by atoms with Crippen molar-refractivity contribution in [1.29, 1.82) is 0 Å². The van der Waals surface area contributed by atoms with Gasteiger partial charge in [0.25, 0.3) is 0 Å². The Morgan fingerprint density at radius 1 is 1.06 bits per heavy atom. The highest BCUT2D eigenvalue weighted by Gasteiger charge is 2.12. The van der Waals surface area contributed by atoms with E-state index in [9.17, 15) is 8.78 Å². The van der Waals surface area contributed by atoms with Gasteiger partial charge in [-0.25, -0.2) is 8.78 Å². The van der Waals surface area contributed by atoms with E-state index in [0.717, 1.165) is 10.5 Å². The largest absolute Gasteiger partial charge is 0.324 e. The van der Waals surface area contributed by atoms with Crippen LogP contribution in [0.15, 0.2) is 52.3 Å². The van der Waals surface area contributed by atoms with E-state index in [0.29, 0.717) is 4.90 Å². The van der Waals surface area contributed by atoms with E-state index < -0.39 is 0 Å². The van der Waals surface area contributed by atoms with E-state index in [2.05, 4.69) is 0 Å². The lowest BCUT2D eigenvalue weighted by atomic mass is 10.1. The van der Waals surface area contributed by atoms with E-state index in [1.54, 1.807) is 24.3 Å². The van der Waals surface area contributed by atoms with Crippen LogP contribution in [-0.2, 0) is 0 Å². The summed E-state index contributed by atoms with van der Waals surface area (Å²) >= 11 is 1.26. The van der Waals surface area contributed by atoms with Crippen LogP contribution >= 0.6 is 11.8 Å². The third-order valence-electron chi connectivity index (χ3n) is 2.52. The third-order valence-corrected chi connectivity index (χ3v) is 3.66. The predicted octanol–water partition coefficient (Wildman–Crippen LogP) is 4.14. The van der Waals surface area contributed by atoms with Crippen molar-refractivity contribution in [3.63, 3.8) is 0 Å². The summed E-state index contributed by atoms with van der Waals surface area (Å²) < 4.78 is 26.6. The molecule has 0 saturated heterocycles. The molecule has 1 atom stereocenters. The molecular weight excluding hydrogens is 252 g/mol. The molecule has 2 rings (SSSR count). The lowest BCUT2D eigenvalue weighted by molar-refractivity contribution is 0.591. The molecule has 0 unspecified atom stereocenters. The summed E-state index contributed by atoms with van der Waals surface area (Å²) in [4.78, 5) is 1.28. The molecule has 0 aliphatic heterocycles. The topological polar surface area (TPSA) is 26.0 Å². The van der Waals surface area contributed by atoms with Crippen LogP contribution in [0.4, 0.5) is 8.78 Å². The Hall–Kier alpha value is -1.39. The van der Waals surface area contributed by atoms with Crippen LogP contribution in [0.5, 0.6) is 0 Å². The first-order valence-corrected chi connectivity index (χ1v) is 6.37. The molecule has 0 amide bonds. The van der Waals surface area contributed by atoms with Gasteiger partial charge in [0.1, 0.15) is 11.6 Å². The van der Waals surface area contributed by atoms with Crippen molar-refractivity contribution in [1.82, 2.24) is 0 Å². The maximum Gasteiger partial charge on any atom is 0.137 e. The van der Waals surface area contributed by atoms with E-state index in [-0.39, 0.29) is 17.7 Å². The molecule has 18 heavy (non-hydrogen) atoms.